The molecule has 0 aromatic rings. The molecule has 1 rings (SSSR count). The van der Waals surface area contributed by atoms with Crippen LogP contribution in [0.15, 0.2) is 0 Å². The predicted molar refractivity (Wildman–Crippen MR) is 44.3 cm³/mol. The van der Waals surface area contributed by atoms with E-state index in [1.165, 1.54) is 0 Å². The summed E-state index contributed by atoms with van der Waals surface area (Å²) in [5.74, 6) is 0.821. The minimum atomic E-state index is -0.596. The minimum Gasteiger partial charge on any atom is -0.616 e. The van der Waals surface area contributed by atoms with Crippen LogP contribution in [0.1, 0.15) is 13.3 Å². The first-order valence-electron chi connectivity index (χ1n) is 3.76. The average molecular weight is 160 g/mol. The molecule has 1 heterocycles. The first-order chi connectivity index (χ1) is 4.84. The summed E-state index contributed by atoms with van der Waals surface area (Å²) < 4.78 is 11.2. The zero-order chi connectivity index (χ0) is 7.40. The maximum absolute atomic E-state index is 11.2. The molecular formula is C7H14NOS. The van der Waals surface area contributed by atoms with Crippen LogP contribution >= 0.6 is 0 Å². The summed E-state index contributed by atoms with van der Waals surface area (Å²) in [5, 5.41) is 3.53. The molecule has 3 heteroatoms. The van der Waals surface area contributed by atoms with E-state index in [0.29, 0.717) is 5.25 Å². The van der Waals surface area contributed by atoms with E-state index in [1.807, 2.05) is 0 Å². The third-order valence-corrected chi connectivity index (χ3v) is 3.30. The van der Waals surface area contributed by atoms with E-state index < -0.39 is 11.2 Å². The van der Waals surface area contributed by atoms with Crippen LogP contribution in [-0.4, -0.2) is 28.6 Å². The van der Waals surface area contributed by atoms with Crippen molar-refractivity contribution in [3.05, 3.63) is 6.42 Å². The Bertz CT molecular complexity index is 97.6. The van der Waals surface area contributed by atoms with Crippen LogP contribution in [0.25, 0.3) is 0 Å². The van der Waals surface area contributed by atoms with Crippen molar-refractivity contribution < 1.29 is 4.55 Å². The maximum atomic E-state index is 11.2. The van der Waals surface area contributed by atoms with E-state index in [2.05, 4.69) is 18.7 Å². The van der Waals surface area contributed by atoms with Crippen LogP contribution < -0.4 is 5.32 Å². The summed E-state index contributed by atoms with van der Waals surface area (Å²) in [5.41, 5.74) is 0. The van der Waals surface area contributed by atoms with Crippen LogP contribution in [0.3, 0.4) is 0 Å². The van der Waals surface area contributed by atoms with Crippen LogP contribution in [0.4, 0.5) is 0 Å². The quantitative estimate of drug-likeness (QED) is 0.590. The molecule has 1 N–H and O–H groups in total. The van der Waals surface area contributed by atoms with E-state index >= 15 is 0 Å². The second kappa shape index (κ2) is 4.21. The molecule has 1 aliphatic heterocycles. The molecule has 0 bridgehead atoms. The van der Waals surface area contributed by atoms with Crippen LogP contribution in [0.5, 0.6) is 0 Å². The lowest BCUT2D eigenvalue weighted by molar-refractivity contribution is 0.554. The highest BCUT2D eigenvalue weighted by Gasteiger charge is 2.24. The van der Waals surface area contributed by atoms with Crippen LogP contribution in [0, 0.1) is 6.42 Å². The molecule has 1 saturated heterocycles. The highest BCUT2D eigenvalue weighted by atomic mass is 32.2. The van der Waals surface area contributed by atoms with Crippen molar-refractivity contribution in [2.45, 2.75) is 18.6 Å². The van der Waals surface area contributed by atoms with Gasteiger partial charge in [-0.1, -0.05) is 6.92 Å². The minimum absolute atomic E-state index is 0.304. The third kappa shape index (κ3) is 2.15. The average Bonchev–Trinajstić information content (AvgIpc) is 1.94. The van der Waals surface area contributed by atoms with E-state index in [-0.39, 0.29) is 0 Å². The first-order valence-corrected chi connectivity index (χ1v) is 5.14. The first kappa shape index (κ1) is 8.37. The van der Waals surface area contributed by atoms with Gasteiger partial charge in [-0.25, -0.2) is 0 Å². The summed E-state index contributed by atoms with van der Waals surface area (Å²) in [6, 6.07) is 0. The molecule has 0 aromatic carbocycles. The largest absolute Gasteiger partial charge is 0.616 e. The molecule has 1 fully saturated rings. The summed E-state index contributed by atoms with van der Waals surface area (Å²) in [7, 11) is 0. The highest BCUT2D eigenvalue weighted by Crippen LogP contribution is 2.10. The Hall–Kier alpha value is 0.270. The summed E-state index contributed by atoms with van der Waals surface area (Å²) in [6.45, 7) is 3.91. The Labute approximate surface area is 65.6 Å². The lowest BCUT2D eigenvalue weighted by atomic mass is 10.2. The number of hydrogen-bond donors (Lipinski definition) is 1. The molecule has 0 saturated carbocycles. The van der Waals surface area contributed by atoms with Gasteiger partial charge in [-0.3, -0.25) is 0 Å². The van der Waals surface area contributed by atoms with Crippen molar-refractivity contribution in [3.63, 3.8) is 0 Å². The molecule has 0 spiro atoms. The number of rotatable bonds is 2. The van der Waals surface area contributed by atoms with Gasteiger partial charge >= 0.3 is 0 Å². The van der Waals surface area contributed by atoms with Gasteiger partial charge in [0, 0.05) is 19.5 Å². The van der Waals surface area contributed by atoms with Gasteiger partial charge in [0.05, 0.1) is 0 Å². The van der Waals surface area contributed by atoms with Gasteiger partial charge in [-0.05, 0) is 17.6 Å². The summed E-state index contributed by atoms with van der Waals surface area (Å²) in [4.78, 5) is 0. The van der Waals surface area contributed by atoms with Crippen molar-refractivity contribution in [3.8, 4) is 0 Å². The van der Waals surface area contributed by atoms with Crippen molar-refractivity contribution >= 4 is 11.2 Å². The monoisotopic (exact) mass is 160 g/mol. The SMILES string of the molecule is CC[CH]C1CNCC[S+]1[O-]. The Balaban J connectivity index is 2.25. The van der Waals surface area contributed by atoms with Gasteiger partial charge in [0.25, 0.3) is 0 Å². The molecule has 2 atom stereocenters. The number of hydrogen-bond acceptors (Lipinski definition) is 2. The maximum Gasteiger partial charge on any atom is 0.131 e. The topological polar surface area (TPSA) is 35.1 Å². The second-order valence-corrected chi connectivity index (χ2v) is 4.25. The fourth-order valence-electron chi connectivity index (χ4n) is 1.11. The standard InChI is InChI=1S/C7H14NOS/c1-2-3-7-6-8-4-5-10(7)9/h3,7-8H,2,4-6H2,1H3. The fourth-order valence-corrected chi connectivity index (χ4v) is 2.47. The van der Waals surface area contributed by atoms with Gasteiger partial charge < -0.3 is 9.87 Å². The lowest BCUT2D eigenvalue weighted by Crippen LogP contribution is -2.44. The summed E-state index contributed by atoms with van der Waals surface area (Å²) in [6.07, 6.45) is 3.17. The Kier molecular flexibility index (Phi) is 3.52. The molecule has 2 nitrogen and oxygen atoms in total. The second-order valence-electron chi connectivity index (χ2n) is 2.47. The highest BCUT2D eigenvalue weighted by molar-refractivity contribution is 7.92. The Morgan fingerprint density at radius 1 is 1.80 bits per heavy atom. The van der Waals surface area contributed by atoms with Gasteiger partial charge in [0.1, 0.15) is 11.0 Å². The Morgan fingerprint density at radius 2 is 2.60 bits per heavy atom. The third-order valence-electron chi connectivity index (χ3n) is 1.66. The van der Waals surface area contributed by atoms with Crippen LogP contribution in [-0.2, 0) is 11.2 Å². The molecule has 0 amide bonds. The van der Waals surface area contributed by atoms with Crippen molar-refractivity contribution in [1.29, 1.82) is 0 Å². The summed E-state index contributed by atoms with van der Waals surface area (Å²) >= 11 is -0.596. The normalized spacial score (nSPS) is 34.2. The molecular weight excluding hydrogens is 146 g/mol. The number of nitrogens with one attached hydrogen (secondary N) is 1. The zero-order valence-electron chi connectivity index (χ0n) is 6.30. The molecule has 0 aliphatic carbocycles. The molecule has 0 aromatic heterocycles. The van der Waals surface area contributed by atoms with E-state index in [0.717, 1.165) is 25.3 Å². The van der Waals surface area contributed by atoms with Crippen LogP contribution in [0.2, 0.25) is 0 Å². The van der Waals surface area contributed by atoms with Gasteiger partial charge in [-0.15, -0.1) is 0 Å². The molecule has 1 radical (unpaired) electrons. The van der Waals surface area contributed by atoms with Crippen molar-refractivity contribution in [1.82, 2.24) is 5.32 Å². The van der Waals surface area contributed by atoms with Gasteiger partial charge in [0.15, 0.2) is 0 Å². The molecule has 10 heavy (non-hydrogen) atoms. The molecule has 1 aliphatic rings. The predicted octanol–water partition coefficient (Wildman–Crippen LogP) is 0.321. The molecule has 59 valence electrons. The lowest BCUT2D eigenvalue weighted by Gasteiger charge is -2.26. The van der Waals surface area contributed by atoms with E-state index in [9.17, 15) is 4.55 Å². The zero-order valence-corrected chi connectivity index (χ0v) is 7.12. The van der Waals surface area contributed by atoms with Gasteiger partial charge in [-0.2, -0.15) is 0 Å². The smallest absolute Gasteiger partial charge is 0.131 e. The van der Waals surface area contributed by atoms with Crippen molar-refractivity contribution in [2.24, 2.45) is 0 Å². The fraction of sp³-hybridized carbons (Fsp3) is 0.857. The molecule has 2 unspecified atom stereocenters. The van der Waals surface area contributed by atoms with Gasteiger partial charge in [0.2, 0.25) is 0 Å². The van der Waals surface area contributed by atoms with E-state index in [1.54, 1.807) is 0 Å². The van der Waals surface area contributed by atoms with Crippen molar-refractivity contribution in [2.75, 3.05) is 18.8 Å². The van der Waals surface area contributed by atoms with E-state index in [4.69, 9.17) is 0 Å². The Morgan fingerprint density at radius 3 is 3.20 bits per heavy atom.